The predicted octanol–water partition coefficient (Wildman–Crippen LogP) is 5.46. The second-order valence-corrected chi connectivity index (χ2v) is 7.99. The number of halogens is 2. The summed E-state index contributed by atoms with van der Waals surface area (Å²) in [6.45, 7) is 2.88. The Hall–Kier alpha value is -2.71. The Labute approximate surface area is 188 Å². The highest BCUT2D eigenvalue weighted by Crippen LogP contribution is 2.41. The lowest BCUT2D eigenvalue weighted by Crippen LogP contribution is -2.22. The molecule has 1 aliphatic rings. The van der Waals surface area contributed by atoms with E-state index in [1.807, 2.05) is 19.1 Å². The number of benzene rings is 1. The Morgan fingerprint density at radius 1 is 1.06 bits per heavy atom. The van der Waals surface area contributed by atoms with Crippen LogP contribution >= 0.6 is 23.2 Å². The number of hydrogen-bond acceptors (Lipinski definition) is 7. The zero-order chi connectivity index (χ0) is 21.6. The summed E-state index contributed by atoms with van der Waals surface area (Å²) >= 11 is 13.2. The van der Waals surface area contributed by atoms with Crippen LogP contribution in [0.3, 0.4) is 0 Å². The van der Waals surface area contributed by atoms with Gasteiger partial charge >= 0.3 is 0 Å². The molecule has 9 heteroatoms. The second kappa shape index (κ2) is 7.76. The lowest BCUT2D eigenvalue weighted by molar-refractivity contribution is -0.149. The normalized spacial score (nSPS) is 15.5. The molecule has 0 bridgehead atoms. The lowest BCUT2D eigenvalue weighted by Gasteiger charge is -2.24. The highest BCUT2D eigenvalue weighted by Gasteiger charge is 2.34. The van der Waals surface area contributed by atoms with Gasteiger partial charge < -0.3 is 19.5 Å². The first-order valence-corrected chi connectivity index (χ1v) is 10.4. The molecule has 4 heterocycles. The molecule has 1 aromatic carbocycles. The van der Waals surface area contributed by atoms with E-state index in [1.54, 1.807) is 37.8 Å². The van der Waals surface area contributed by atoms with Crippen LogP contribution in [-0.2, 0) is 15.3 Å². The highest BCUT2D eigenvalue weighted by atomic mass is 35.5. The Balaban J connectivity index is 1.66. The van der Waals surface area contributed by atoms with Crippen LogP contribution in [0.5, 0.6) is 5.88 Å². The molecule has 31 heavy (non-hydrogen) atoms. The van der Waals surface area contributed by atoms with Crippen LogP contribution in [0, 0.1) is 0 Å². The molecule has 0 unspecified atom stereocenters. The Morgan fingerprint density at radius 3 is 2.52 bits per heavy atom. The van der Waals surface area contributed by atoms with Crippen molar-refractivity contribution >= 4 is 56.4 Å². The maximum Gasteiger partial charge on any atom is 0.221 e. The number of aromatic nitrogens is 3. The third-order valence-corrected chi connectivity index (χ3v) is 5.91. The van der Waals surface area contributed by atoms with E-state index in [4.69, 9.17) is 42.4 Å². The third kappa shape index (κ3) is 3.43. The molecule has 0 saturated carbocycles. The van der Waals surface area contributed by atoms with E-state index in [0.717, 1.165) is 27.2 Å². The molecule has 5 rings (SSSR count). The third-order valence-electron chi connectivity index (χ3n) is 5.31. The summed E-state index contributed by atoms with van der Waals surface area (Å²) in [6, 6.07) is 7.26. The zero-order valence-electron chi connectivity index (χ0n) is 16.8. The molecule has 1 fully saturated rings. The monoisotopic (exact) mass is 456 g/mol. The number of ether oxygens (including phenoxy) is 3. The van der Waals surface area contributed by atoms with Crippen LogP contribution in [-0.4, -0.2) is 35.3 Å². The maximum atomic E-state index is 6.62. The first kappa shape index (κ1) is 20.2. The average Bonchev–Trinajstić information content (AvgIpc) is 3.23. The fraction of sp³-hybridized carbons (Fsp3) is 0.227. The van der Waals surface area contributed by atoms with Crippen molar-refractivity contribution in [2.24, 2.45) is 0 Å². The van der Waals surface area contributed by atoms with Gasteiger partial charge in [0.2, 0.25) is 5.88 Å². The lowest BCUT2D eigenvalue weighted by atomic mass is 10.1. The van der Waals surface area contributed by atoms with Crippen molar-refractivity contribution in [3.8, 4) is 5.88 Å². The van der Waals surface area contributed by atoms with Gasteiger partial charge in [-0.25, -0.2) is 9.97 Å². The van der Waals surface area contributed by atoms with Crippen LogP contribution < -0.4 is 10.1 Å². The van der Waals surface area contributed by atoms with Crippen molar-refractivity contribution in [1.29, 1.82) is 0 Å². The Bertz CT molecular complexity index is 1290. The standard InChI is InChI=1S/C22H18Cl2N4O3/c1-22(30-7-8-31-22)12-9-15(23)19(16(24)10-12)28-20-13-3-6-26-21(29-2)18(13)14-11-25-5-4-17(14)27-20/h3-6,9-11H,7-8H2,1-2H3,(H,27,28). The highest BCUT2D eigenvalue weighted by molar-refractivity contribution is 6.39. The summed E-state index contributed by atoms with van der Waals surface area (Å²) < 4.78 is 17.0. The van der Waals surface area contributed by atoms with Crippen molar-refractivity contribution in [3.05, 3.63) is 58.5 Å². The molecule has 158 valence electrons. The molecular weight excluding hydrogens is 439 g/mol. The van der Waals surface area contributed by atoms with E-state index in [9.17, 15) is 0 Å². The van der Waals surface area contributed by atoms with E-state index < -0.39 is 5.79 Å². The summed E-state index contributed by atoms with van der Waals surface area (Å²) in [5, 5.41) is 6.59. The number of fused-ring (bicyclic) bond motifs is 3. The molecule has 4 aromatic rings. The van der Waals surface area contributed by atoms with Gasteiger partial charge in [-0.3, -0.25) is 4.98 Å². The quantitative estimate of drug-likeness (QED) is 0.408. The molecule has 3 aromatic heterocycles. The summed E-state index contributed by atoms with van der Waals surface area (Å²) in [7, 11) is 1.58. The number of nitrogens with zero attached hydrogens (tertiary/aromatic N) is 3. The first-order valence-electron chi connectivity index (χ1n) is 9.61. The van der Waals surface area contributed by atoms with Gasteiger partial charge in [0.25, 0.3) is 0 Å². The number of rotatable bonds is 4. The smallest absolute Gasteiger partial charge is 0.221 e. The minimum absolute atomic E-state index is 0.425. The minimum Gasteiger partial charge on any atom is -0.481 e. The fourth-order valence-electron chi connectivity index (χ4n) is 3.76. The van der Waals surface area contributed by atoms with Gasteiger partial charge in [-0.05, 0) is 31.2 Å². The van der Waals surface area contributed by atoms with Crippen LogP contribution in [0.4, 0.5) is 11.5 Å². The minimum atomic E-state index is -0.869. The van der Waals surface area contributed by atoms with E-state index in [0.29, 0.717) is 40.6 Å². The number of nitrogens with one attached hydrogen (secondary N) is 1. The molecule has 1 saturated heterocycles. The average molecular weight is 457 g/mol. The zero-order valence-corrected chi connectivity index (χ0v) is 18.3. The van der Waals surface area contributed by atoms with Crippen molar-refractivity contribution in [1.82, 2.24) is 15.0 Å². The van der Waals surface area contributed by atoms with Crippen molar-refractivity contribution in [2.75, 3.05) is 25.6 Å². The largest absolute Gasteiger partial charge is 0.481 e. The Morgan fingerprint density at radius 2 is 1.81 bits per heavy atom. The van der Waals surface area contributed by atoms with Crippen LogP contribution in [0.25, 0.3) is 21.7 Å². The van der Waals surface area contributed by atoms with E-state index in [-0.39, 0.29) is 0 Å². The summed E-state index contributed by atoms with van der Waals surface area (Å²) in [4.78, 5) is 13.3. The first-order chi connectivity index (χ1) is 15.0. The fourth-order valence-corrected chi connectivity index (χ4v) is 4.34. The molecular formula is C22H18Cl2N4O3. The molecule has 1 aliphatic heterocycles. The SMILES string of the molecule is COc1nccc2c(Nc3c(Cl)cc(C4(C)OCCO4)cc3Cl)nc3ccncc3c12. The molecule has 1 N–H and O–H groups in total. The Kier molecular flexibility index (Phi) is 5.06. The van der Waals surface area contributed by atoms with Gasteiger partial charge in [-0.1, -0.05) is 23.2 Å². The van der Waals surface area contributed by atoms with Crippen molar-refractivity contribution < 1.29 is 14.2 Å². The molecule has 0 aliphatic carbocycles. The van der Waals surface area contributed by atoms with Crippen LogP contribution in [0.2, 0.25) is 10.0 Å². The summed E-state index contributed by atoms with van der Waals surface area (Å²) in [6.07, 6.45) is 5.10. The number of methoxy groups -OCH3 is 1. The predicted molar refractivity (Wildman–Crippen MR) is 120 cm³/mol. The van der Waals surface area contributed by atoms with Gasteiger partial charge in [-0.2, -0.15) is 0 Å². The summed E-state index contributed by atoms with van der Waals surface area (Å²) in [5.41, 5.74) is 2.02. The van der Waals surface area contributed by atoms with E-state index >= 15 is 0 Å². The van der Waals surface area contributed by atoms with Gasteiger partial charge in [0.1, 0.15) is 5.82 Å². The maximum absolute atomic E-state index is 6.62. The second-order valence-electron chi connectivity index (χ2n) is 7.18. The summed E-state index contributed by atoms with van der Waals surface area (Å²) in [5.74, 6) is 0.189. The molecule has 7 nitrogen and oxygen atoms in total. The molecule has 0 radical (unpaired) electrons. The van der Waals surface area contributed by atoms with Gasteiger partial charge in [-0.15, -0.1) is 0 Å². The van der Waals surface area contributed by atoms with Crippen LogP contribution in [0.1, 0.15) is 12.5 Å². The number of pyridine rings is 3. The van der Waals surface area contributed by atoms with E-state index in [1.165, 1.54) is 0 Å². The molecule has 0 atom stereocenters. The van der Waals surface area contributed by atoms with Crippen molar-refractivity contribution in [3.63, 3.8) is 0 Å². The number of anilines is 2. The van der Waals surface area contributed by atoms with E-state index in [2.05, 4.69) is 15.3 Å². The van der Waals surface area contributed by atoms with Gasteiger partial charge in [0.15, 0.2) is 5.79 Å². The van der Waals surface area contributed by atoms with Crippen LogP contribution in [0.15, 0.2) is 42.9 Å². The van der Waals surface area contributed by atoms with Crippen molar-refractivity contribution in [2.45, 2.75) is 12.7 Å². The molecule has 0 amide bonds. The van der Waals surface area contributed by atoms with Gasteiger partial charge in [0, 0.05) is 34.9 Å². The van der Waals surface area contributed by atoms with Gasteiger partial charge in [0.05, 0.1) is 47.0 Å². The molecule has 0 spiro atoms. The topological polar surface area (TPSA) is 78.4 Å². The number of hydrogen-bond donors (Lipinski definition) is 1.